The third-order valence-electron chi connectivity index (χ3n) is 5.79. The predicted octanol–water partition coefficient (Wildman–Crippen LogP) is 2.41. The number of alkyl halides is 3. The fourth-order valence-corrected chi connectivity index (χ4v) is 4.19. The molecule has 9 nitrogen and oxygen atoms in total. The number of H-pyrrole nitrogens is 1. The summed E-state index contributed by atoms with van der Waals surface area (Å²) in [4.78, 5) is 29.6. The SMILES string of the molecule is O=C(C1CN(Cc2cccc3[nH]ccc23)Cc2ccnn21)N1CCOCC1.O=C(O)C(F)(F)F. The van der Waals surface area contributed by atoms with Crippen LogP contribution in [0.25, 0.3) is 10.9 Å². The van der Waals surface area contributed by atoms with Gasteiger partial charge in [-0.25, -0.2) is 4.79 Å². The molecule has 2 N–H and O–H groups in total. The Labute approximate surface area is 192 Å². The predicted molar refractivity (Wildman–Crippen MR) is 115 cm³/mol. The molecule has 182 valence electrons. The van der Waals surface area contributed by atoms with Crippen LogP contribution in [0.15, 0.2) is 42.7 Å². The van der Waals surface area contributed by atoms with Gasteiger partial charge >= 0.3 is 12.1 Å². The zero-order valence-corrected chi connectivity index (χ0v) is 18.2. The molecule has 0 radical (unpaired) electrons. The van der Waals surface area contributed by atoms with E-state index in [-0.39, 0.29) is 11.9 Å². The van der Waals surface area contributed by atoms with Gasteiger partial charge in [-0.3, -0.25) is 14.4 Å². The van der Waals surface area contributed by atoms with Crippen molar-refractivity contribution in [3.8, 4) is 0 Å². The number of nitrogens with one attached hydrogen (secondary N) is 1. The molecule has 4 heterocycles. The van der Waals surface area contributed by atoms with Gasteiger partial charge in [0.25, 0.3) is 0 Å². The molecule has 0 aliphatic carbocycles. The average Bonchev–Trinajstić information content (AvgIpc) is 3.48. The number of nitrogens with zero attached hydrogens (tertiary/aromatic N) is 4. The lowest BCUT2D eigenvalue weighted by atomic mass is 10.1. The van der Waals surface area contributed by atoms with E-state index in [1.807, 2.05) is 21.8 Å². The van der Waals surface area contributed by atoms with Crippen LogP contribution in [0.3, 0.4) is 0 Å². The summed E-state index contributed by atoms with van der Waals surface area (Å²) in [5, 5.41) is 12.8. The molecule has 1 aromatic carbocycles. The average molecular weight is 479 g/mol. The maximum Gasteiger partial charge on any atom is 0.490 e. The number of rotatable bonds is 3. The van der Waals surface area contributed by atoms with Crippen LogP contribution in [0.1, 0.15) is 17.3 Å². The van der Waals surface area contributed by atoms with E-state index < -0.39 is 12.1 Å². The zero-order chi connectivity index (χ0) is 24.3. The Morgan fingerprint density at radius 1 is 1.18 bits per heavy atom. The van der Waals surface area contributed by atoms with E-state index in [0.717, 1.165) is 24.3 Å². The summed E-state index contributed by atoms with van der Waals surface area (Å²) in [7, 11) is 0. The number of carbonyl (C=O) groups excluding carboxylic acids is 1. The largest absolute Gasteiger partial charge is 0.490 e. The summed E-state index contributed by atoms with van der Waals surface area (Å²) < 4.78 is 39.0. The molecular weight excluding hydrogens is 455 g/mol. The van der Waals surface area contributed by atoms with Crippen LogP contribution in [0, 0.1) is 0 Å². The molecule has 12 heteroatoms. The Morgan fingerprint density at radius 3 is 2.62 bits per heavy atom. The van der Waals surface area contributed by atoms with Crippen molar-refractivity contribution in [1.82, 2.24) is 24.6 Å². The molecule has 1 unspecified atom stereocenters. The first-order valence-electron chi connectivity index (χ1n) is 10.7. The van der Waals surface area contributed by atoms with E-state index in [1.165, 1.54) is 10.9 Å². The minimum absolute atomic E-state index is 0.146. The molecule has 5 rings (SSSR count). The lowest BCUT2D eigenvalue weighted by Crippen LogP contribution is -2.49. The zero-order valence-electron chi connectivity index (χ0n) is 18.2. The molecule has 0 spiro atoms. The Bertz CT molecular complexity index is 1150. The second-order valence-electron chi connectivity index (χ2n) is 8.05. The summed E-state index contributed by atoms with van der Waals surface area (Å²) in [5.74, 6) is -2.61. The van der Waals surface area contributed by atoms with Gasteiger partial charge in [-0.2, -0.15) is 18.3 Å². The molecule has 0 saturated carbocycles. The van der Waals surface area contributed by atoms with Crippen molar-refractivity contribution in [3.63, 3.8) is 0 Å². The van der Waals surface area contributed by atoms with Gasteiger partial charge in [-0.05, 0) is 23.8 Å². The van der Waals surface area contributed by atoms with Crippen molar-refractivity contribution in [2.75, 3.05) is 32.8 Å². The van der Waals surface area contributed by atoms with Crippen molar-refractivity contribution in [1.29, 1.82) is 0 Å². The maximum atomic E-state index is 13.2. The lowest BCUT2D eigenvalue weighted by Gasteiger charge is -2.37. The molecule has 1 saturated heterocycles. The van der Waals surface area contributed by atoms with Gasteiger partial charge in [0.05, 0.1) is 18.9 Å². The number of amides is 1. The van der Waals surface area contributed by atoms with Crippen LogP contribution in [0.4, 0.5) is 13.2 Å². The number of benzene rings is 1. The van der Waals surface area contributed by atoms with E-state index in [4.69, 9.17) is 14.6 Å². The third kappa shape index (κ3) is 5.23. The van der Waals surface area contributed by atoms with Crippen LogP contribution in [0.5, 0.6) is 0 Å². The van der Waals surface area contributed by atoms with Gasteiger partial charge in [-0.15, -0.1) is 0 Å². The first kappa shape index (κ1) is 23.8. The number of aliphatic carboxylic acids is 1. The van der Waals surface area contributed by atoms with Crippen LogP contribution in [-0.2, 0) is 27.4 Å². The molecule has 34 heavy (non-hydrogen) atoms. The molecule has 1 fully saturated rings. The van der Waals surface area contributed by atoms with Crippen molar-refractivity contribution >= 4 is 22.8 Å². The number of halogens is 3. The van der Waals surface area contributed by atoms with E-state index >= 15 is 0 Å². The summed E-state index contributed by atoms with van der Waals surface area (Å²) in [6.07, 6.45) is -1.31. The monoisotopic (exact) mass is 479 g/mol. The number of carbonyl (C=O) groups is 2. The number of aromatic amines is 1. The van der Waals surface area contributed by atoms with Crippen LogP contribution < -0.4 is 0 Å². The fourth-order valence-electron chi connectivity index (χ4n) is 4.19. The molecular formula is C22H24F3N5O4. The first-order valence-corrected chi connectivity index (χ1v) is 10.7. The summed E-state index contributed by atoms with van der Waals surface area (Å²) in [6.45, 7) is 4.84. The second kappa shape index (κ2) is 9.85. The number of hydrogen-bond donors (Lipinski definition) is 2. The summed E-state index contributed by atoms with van der Waals surface area (Å²) in [5.41, 5.74) is 3.52. The molecule has 0 bridgehead atoms. The minimum atomic E-state index is -5.08. The molecule has 1 amide bonds. The van der Waals surface area contributed by atoms with E-state index in [1.54, 1.807) is 6.20 Å². The molecule has 2 aromatic heterocycles. The van der Waals surface area contributed by atoms with E-state index in [9.17, 15) is 18.0 Å². The Kier molecular flexibility index (Phi) is 6.89. The van der Waals surface area contributed by atoms with Gasteiger partial charge in [0.1, 0.15) is 6.04 Å². The lowest BCUT2D eigenvalue weighted by molar-refractivity contribution is -0.192. The maximum absolute atomic E-state index is 13.2. The normalized spacial score (nSPS) is 18.8. The van der Waals surface area contributed by atoms with Gasteiger partial charge in [0, 0.05) is 56.0 Å². The topological polar surface area (TPSA) is 104 Å². The van der Waals surface area contributed by atoms with Gasteiger partial charge in [0.15, 0.2) is 0 Å². The van der Waals surface area contributed by atoms with Crippen molar-refractivity contribution < 1.29 is 32.6 Å². The molecule has 1 atom stereocenters. The number of morpholine rings is 1. The third-order valence-corrected chi connectivity index (χ3v) is 5.79. The highest BCUT2D eigenvalue weighted by Crippen LogP contribution is 2.26. The van der Waals surface area contributed by atoms with Crippen LogP contribution in [0.2, 0.25) is 0 Å². The molecule has 2 aliphatic heterocycles. The van der Waals surface area contributed by atoms with Crippen molar-refractivity contribution in [3.05, 3.63) is 54.0 Å². The highest BCUT2D eigenvalue weighted by Gasteiger charge is 2.38. The van der Waals surface area contributed by atoms with E-state index in [2.05, 4.69) is 39.2 Å². The number of carboxylic acids is 1. The standard InChI is InChI=1S/C20H23N5O2.C2HF3O2/c26-20(24-8-10-27-11-9-24)19-14-23(13-16-4-7-22-25(16)19)12-15-2-1-3-18-17(15)5-6-21-18;3-2(4,5)1(6)7/h1-7,19,21H,8-14H2;(H,6,7). The fraction of sp³-hybridized carbons (Fsp3) is 0.409. The smallest absolute Gasteiger partial charge is 0.475 e. The number of fused-ring (bicyclic) bond motifs is 2. The Balaban J connectivity index is 0.000000344. The van der Waals surface area contributed by atoms with Gasteiger partial charge in [-0.1, -0.05) is 12.1 Å². The molecule has 2 aliphatic rings. The number of aromatic nitrogens is 3. The Morgan fingerprint density at radius 2 is 1.91 bits per heavy atom. The van der Waals surface area contributed by atoms with E-state index in [0.29, 0.717) is 32.8 Å². The summed E-state index contributed by atoms with van der Waals surface area (Å²) in [6, 6.07) is 10.2. The van der Waals surface area contributed by atoms with Crippen LogP contribution >= 0.6 is 0 Å². The molecule has 3 aromatic rings. The highest BCUT2D eigenvalue weighted by atomic mass is 19.4. The van der Waals surface area contributed by atoms with Gasteiger partial charge < -0.3 is 19.7 Å². The summed E-state index contributed by atoms with van der Waals surface area (Å²) >= 11 is 0. The highest BCUT2D eigenvalue weighted by molar-refractivity contribution is 5.83. The quantitative estimate of drug-likeness (QED) is 0.598. The number of ether oxygens (including phenoxy) is 1. The number of carboxylic acid groups (broad SMARTS) is 1. The Hall–Kier alpha value is -3.38. The van der Waals surface area contributed by atoms with Crippen molar-refractivity contribution in [2.24, 2.45) is 0 Å². The van der Waals surface area contributed by atoms with Crippen molar-refractivity contribution in [2.45, 2.75) is 25.3 Å². The number of hydrogen-bond acceptors (Lipinski definition) is 5. The first-order chi connectivity index (χ1) is 16.2. The van der Waals surface area contributed by atoms with Crippen LogP contribution in [-0.4, -0.2) is 80.6 Å². The second-order valence-corrected chi connectivity index (χ2v) is 8.05. The minimum Gasteiger partial charge on any atom is -0.475 e. The van der Waals surface area contributed by atoms with Gasteiger partial charge in [0.2, 0.25) is 5.91 Å².